The third-order valence-electron chi connectivity index (χ3n) is 2.68. The third kappa shape index (κ3) is 3.28. The molecule has 0 saturated heterocycles. The van der Waals surface area contributed by atoms with E-state index < -0.39 is 5.92 Å². The monoisotopic (exact) mass is 203 g/mol. The Hall–Kier alpha value is -0.600. The average Bonchev–Trinajstić information content (AvgIpc) is 2.02. The van der Waals surface area contributed by atoms with Crippen LogP contribution in [-0.4, -0.2) is 12.0 Å². The Morgan fingerprint density at radius 2 is 1.86 bits per heavy atom. The number of nitrogens with one attached hydrogen (secondary N) is 1. The fourth-order valence-corrected chi connectivity index (χ4v) is 1.88. The second-order valence-electron chi connectivity index (χ2n) is 4.45. The summed E-state index contributed by atoms with van der Waals surface area (Å²) in [4.78, 5) is 0. The van der Waals surface area contributed by atoms with Crippen molar-refractivity contribution in [3.63, 3.8) is 0 Å². The van der Waals surface area contributed by atoms with Gasteiger partial charge in [-0.3, -0.25) is 0 Å². The molecule has 1 rings (SSSR count). The van der Waals surface area contributed by atoms with Gasteiger partial charge in [0.2, 0.25) is 5.92 Å². The van der Waals surface area contributed by atoms with E-state index in [1.165, 1.54) is 0 Å². The minimum atomic E-state index is -2.44. The fourth-order valence-electron chi connectivity index (χ4n) is 1.88. The van der Waals surface area contributed by atoms with Crippen molar-refractivity contribution in [3.8, 4) is 0 Å². The highest BCUT2D eigenvalue weighted by Crippen LogP contribution is 2.38. The van der Waals surface area contributed by atoms with E-state index in [0.717, 1.165) is 5.70 Å². The number of hydrogen-bond donors (Lipinski definition) is 1. The van der Waals surface area contributed by atoms with Gasteiger partial charge in [-0.2, -0.15) is 0 Å². The molecule has 82 valence electrons. The fraction of sp³-hybridized carbons (Fsp3) is 0.818. The Bertz CT molecular complexity index is 201. The van der Waals surface area contributed by atoms with Gasteiger partial charge < -0.3 is 5.32 Å². The summed E-state index contributed by atoms with van der Waals surface area (Å²) in [7, 11) is 0. The summed E-state index contributed by atoms with van der Waals surface area (Å²) in [6.45, 7) is 7.97. The highest BCUT2D eigenvalue weighted by molar-refractivity contribution is 5.01. The van der Waals surface area contributed by atoms with Crippen LogP contribution in [0.3, 0.4) is 0 Å². The van der Waals surface area contributed by atoms with Gasteiger partial charge >= 0.3 is 0 Å². The van der Waals surface area contributed by atoms with Gasteiger partial charge in [-0.15, -0.1) is 0 Å². The van der Waals surface area contributed by atoms with E-state index in [4.69, 9.17) is 0 Å². The lowest BCUT2D eigenvalue weighted by atomic mass is 9.85. The molecule has 1 saturated carbocycles. The van der Waals surface area contributed by atoms with Crippen molar-refractivity contribution in [1.29, 1.82) is 0 Å². The van der Waals surface area contributed by atoms with Crippen LogP contribution in [0.2, 0.25) is 0 Å². The molecule has 1 aliphatic carbocycles. The third-order valence-corrected chi connectivity index (χ3v) is 2.68. The van der Waals surface area contributed by atoms with E-state index in [1.54, 1.807) is 0 Å². The van der Waals surface area contributed by atoms with Gasteiger partial charge in [0, 0.05) is 24.6 Å². The highest BCUT2D eigenvalue weighted by Gasteiger charge is 2.35. The maximum Gasteiger partial charge on any atom is 0.248 e. The number of halogens is 2. The molecule has 1 N–H and O–H groups in total. The van der Waals surface area contributed by atoms with Crippen LogP contribution in [0.4, 0.5) is 8.78 Å². The van der Waals surface area contributed by atoms with Gasteiger partial charge in [0.25, 0.3) is 0 Å². The van der Waals surface area contributed by atoms with Crippen molar-refractivity contribution < 1.29 is 8.78 Å². The minimum absolute atomic E-state index is 0.0104. The summed E-state index contributed by atoms with van der Waals surface area (Å²) in [6, 6.07) is 0.338. The molecule has 0 heterocycles. The van der Waals surface area contributed by atoms with E-state index in [0.29, 0.717) is 18.9 Å². The molecule has 0 spiro atoms. The molecule has 0 atom stereocenters. The van der Waals surface area contributed by atoms with Gasteiger partial charge in [-0.05, 0) is 32.6 Å². The predicted octanol–water partition coefficient (Wildman–Crippen LogP) is 3.32. The first-order valence-corrected chi connectivity index (χ1v) is 5.24. The Morgan fingerprint density at radius 3 is 2.29 bits per heavy atom. The Morgan fingerprint density at radius 1 is 1.36 bits per heavy atom. The smallest absolute Gasteiger partial charge is 0.248 e. The normalized spacial score (nSPS) is 22.4. The first-order chi connectivity index (χ1) is 6.41. The number of hydrogen-bond acceptors (Lipinski definition) is 1. The molecule has 0 aromatic rings. The molecule has 0 aromatic heterocycles. The SMILES string of the molecule is C=C(NC(C)C)C1CCC(F)(F)CC1. The molecule has 1 fully saturated rings. The molecular weight excluding hydrogens is 184 g/mol. The summed E-state index contributed by atoms with van der Waals surface area (Å²) in [5.74, 6) is -2.20. The second-order valence-corrected chi connectivity index (χ2v) is 4.45. The number of allylic oxidation sites excluding steroid dienone is 1. The molecule has 0 aliphatic heterocycles. The molecule has 0 aromatic carbocycles. The van der Waals surface area contributed by atoms with E-state index in [2.05, 4.69) is 11.9 Å². The Labute approximate surface area is 84.6 Å². The van der Waals surface area contributed by atoms with Crippen LogP contribution < -0.4 is 5.32 Å². The summed E-state index contributed by atoms with van der Waals surface area (Å²) >= 11 is 0. The van der Waals surface area contributed by atoms with Crippen LogP contribution in [0.1, 0.15) is 39.5 Å². The molecule has 14 heavy (non-hydrogen) atoms. The maximum absolute atomic E-state index is 12.9. The summed E-state index contributed by atoms with van der Waals surface area (Å²) in [5, 5.41) is 3.20. The zero-order valence-electron chi connectivity index (χ0n) is 8.95. The van der Waals surface area contributed by atoms with Crippen molar-refractivity contribution >= 4 is 0 Å². The van der Waals surface area contributed by atoms with E-state index in [1.807, 2.05) is 13.8 Å². The van der Waals surface area contributed by atoms with Crippen LogP contribution in [0.25, 0.3) is 0 Å². The van der Waals surface area contributed by atoms with E-state index >= 15 is 0 Å². The van der Waals surface area contributed by atoms with E-state index in [9.17, 15) is 8.78 Å². The molecule has 0 amide bonds. The minimum Gasteiger partial charge on any atom is -0.386 e. The largest absolute Gasteiger partial charge is 0.386 e. The van der Waals surface area contributed by atoms with Crippen LogP contribution in [-0.2, 0) is 0 Å². The lowest BCUT2D eigenvalue weighted by molar-refractivity contribution is -0.0426. The first kappa shape index (κ1) is 11.5. The molecule has 1 nitrogen and oxygen atoms in total. The van der Waals surface area contributed by atoms with Gasteiger partial charge in [0.15, 0.2) is 0 Å². The first-order valence-electron chi connectivity index (χ1n) is 5.24. The van der Waals surface area contributed by atoms with Gasteiger partial charge in [0.1, 0.15) is 0 Å². The molecule has 0 bridgehead atoms. The molecule has 0 radical (unpaired) electrons. The number of rotatable bonds is 3. The van der Waals surface area contributed by atoms with Gasteiger partial charge in [-0.25, -0.2) is 8.78 Å². The molecule has 1 aliphatic rings. The summed E-state index contributed by atoms with van der Waals surface area (Å²) in [6.07, 6.45) is 1.14. The topological polar surface area (TPSA) is 12.0 Å². The lowest BCUT2D eigenvalue weighted by Gasteiger charge is -2.30. The van der Waals surface area contributed by atoms with Crippen LogP contribution in [0.15, 0.2) is 12.3 Å². The van der Waals surface area contributed by atoms with Crippen molar-refractivity contribution in [2.45, 2.75) is 51.5 Å². The van der Waals surface area contributed by atoms with Gasteiger partial charge in [-0.1, -0.05) is 6.58 Å². The van der Waals surface area contributed by atoms with Crippen molar-refractivity contribution in [1.82, 2.24) is 5.32 Å². The van der Waals surface area contributed by atoms with Crippen LogP contribution >= 0.6 is 0 Å². The van der Waals surface area contributed by atoms with Crippen molar-refractivity contribution in [2.75, 3.05) is 0 Å². The molecule has 0 unspecified atom stereocenters. The Balaban J connectivity index is 2.38. The Kier molecular flexibility index (Phi) is 3.51. The summed E-state index contributed by atoms with van der Waals surface area (Å²) in [5.41, 5.74) is 0.926. The second kappa shape index (κ2) is 4.28. The van der Waals surface area contributed by atoms with Gasteiger partial charge in [0.05, 0.1) is 0 Å². The molecule has 3 heteroatoms. The zero-order chi connectivity index (χ0) is 10.8. The van der Waals surface area contributed by atoms with Crippen molar-refractivity contribution in [2.24, 2.45) is 5.92 Å². The summed E-state index contributed by atoms with van der Waals surface area (Å²) < 4.78 is 25.7. The maximum atomic E-state index is 12.9. The average molecular weight is 203 g/mol. The zero-order valence-corrected chi connectivity index (χ0v) is 8.95. The van der Waals surface area contributed by atoms with Crippen LogP contribution in [0.5, 0.6) is 0 Å². The molecular formula is C11H19F2N. The van der Waals surface area contributed by atoms with Crippen LogP contribution in [0, 0.1) is 5.92 Å². The van der Waals surface area contributed by atoms with Crippen molar-refractivity contribution in [3.05, 3.63) is 12.3 Å². The van der Waals surface area contributed by atoms with E-state index in [-0.39, 0.29) is 18.8 Å². The standard InChI is InChI=1S/C11H19F2N/c1-8(2)14-9(3)10-4-6-11(12,13)7-5-10/h8,10,14H,3-7H2,1-2H3. The number of alkyl halides is 2. The lowest BCUT2D eigenvalue weighted by Crippen LogP contribution is -2.31. The highest BCUT2D eigenvalue weighted by atomic mass is 19.3. The predicted molar refractivity (Wildman–Crippen MR) is 54.3 cm³/mol. The quantitative estimate of drug-likeness (QED) is 0.742.